The van der Waals surface area contributed by atoms with Crippen molar-refractivity contribution in [3.05, 3.63) is 60.3 Å². The fourth-order valence-corrected chi connectivity index (χ4v) is 4.21. The second-order valence-corrected chi connectivity index (χ2v) is 8.21. The highest BCUT2D eigenvalue weighted by Gasteiger charge is 2.19. The molecule has 4 aromatic rings. The van der Waals surface area contributed by atoms with Gasteiger partial charge < -0.3 is 10.1 Å². The molecule has 1 amide bonds. The number of hydrogen-bond acceptors (Lipinski definition) is 4. The Morgan fingerprint density at radius 3 is 2.84 bits per heavy atom. The van der Waals surface area contributed by atoms with Crippen LogP contribution in [0.15, 0.2) is 48.8 Å². The lowest BCUT2D eigenvalue weighted by atomic mass is 9.98. The van der Waals surface area contributed by atoms with Crippen LogP contribution in [0.5, 0.6) is 5.75 Å². The van der Waals surface area contributed by atoms with Crippen LogP contribution in [0.2, 0.25) is 0 Å². The molecule has 7 nitrogen and oxygen atoms in total. The molecule has 1 saturated carbocycles. The molecular formula is C24H24FN5O2. The van der Waals surface area contributed by atoms with Crippen molar-refractivity contribution in [2.24, 2.45) is 7.05 Å². The Morgan fingerprint density at radius 2 is 2.06 bits per heavy atom. The fourth-order valence-electron chi connectivity index (χ4n) is 4.21. The number of rotatable bonds is 5. The smallest absolute Gasteiger partial charge is 0.276 e. The molecule has 1 fully saturated rings. The second kappa shape index (κ2) is 8.45. The summed E-state index contributed by atoms with van der Waals surface area (Å²) in [6.45, 7) is 0. The van der Waals surface area contributed by atoms with E-state index in [0.29, 0.717) is 27.7 Å². The maximum atomic E-state index is 14.6. The molecule has 2 N–H and O–H groups in total. The molecule has 0 bridgehead atoms. The summed E-state index contributed by atoms with van der Waals surface area (Å²) < 4.78 is 22.3. The zero-order valence-corrected chi connectivity index (χ0v) is 17.8. The Morgan fingerprint density at radius 1 is 1.22 bits per heavy atom. The number of aromatic nitrogens is 4. The topological polar surface area (TPSA) is 84.8 Å². The Kier molecular flexibility index (Phi) is 5.34. The van der Waals surface area contributed by atoms with E-state index in [0.717, 1.165) is 18.6 Å². The molecule has 0 saturated heterocycles. The average molecular weight is 433 g/mol. The van der Waals surface area contributed by atoms with Crippen molar-refractivity contribution in [1.82, 2.24) is 20.0 Å². The molecule has 1 aliphatic carbocycles. The van der Waals surface area contributed by atoms with Crippen molar-refractivity contribution in [2.45, 2.75) is 38.2 Å². The highest BCUT2D eigenvalue weighted by molar-refractivity contribution is 6.11. The molecule has 0 aliphatic heterocycles. The molecule has 8 heteroatoms. The second-order valence-electron chi connectivity index (χ2n) is 8.21. The molecule has 5 rings (SSSR count). The molecule has 0 unspecified atom stereocenters. The van der Waals surface area contributed by atoms with Gasteiger partial charge in [-0.15, -0.1) is 0 Å². The number of carbonyl (C=O) groups is 1. The summed E-state index contributed by atoms with van der Waals surface area (Å²) in [5.74, 6) is -0.0500. The SMILES string of the molecule is Cn1cc(-c2cc3c(C(=O)Nc4cccc(OC5CCCCC5)c4)n[nH]c3cc2F)cn1. The number of H-pyrrole nitrogens is 1. The van der Waals surface area contributed by atoms with E-state index in [1.165, 1.54) is 25.3 Å². The number of hydrogen-bond donors (Lipinski definition) is 2. The monoisotopic (exact) mass is 433 g/mol. The van der Waals surface area contributed by atoms with Crippen LogP contribution in [-0.4, -0.2) is 32.0 Å². The Balaban J connectivity index is 1.38. The molecule has 0 radical (unpaired) electrons. The van der Waals surface area contributed by atoms with Crippen LogP contribution in [0, 0.1) is 5.82 Å². The summed E-state index contributed by atoms with van der Waals surface area (Å²) in [7, 11) is 1.77. The standard InChI is InChI=1S/C24H24FN5O2/c1-30-14-15(13-26-30)19-11-20-22(12-21(19)25)28-29-23(20)24(31)27-16-6-5-9-18(10-16)32-17-7-3-2-4-8-17/h5-6,9-14,17H,2-4,7-8H2,1H3,(H,27,31)(H,28,29). The largest absolute Gasteiger partial charge is 0.490 e. The van der Waals surface area contributed by atoms with Gasteiger partial charge in [0.25, 0.3) is 5.91 Å². The molecule has 164 valence electrons. The summed E-state index contributed by atoms with van der Waals surface area (Å²) in [6.07, 6.45) is 9.30. The van der Waals surface area contributed by atoms with Crippen molar-refractivity contribution in [3.63, 3.8) is 0 Å². The minimum Gasteiger partial charge on any atom is -0.490 e. The normalized spacial score (nSPS) is 14.6. The minimum atomic E-state index is -0.409. The fraction of sp³-hybridized carbons (Fsp3) is 0.292. The van der Waals surface area contributed by atoms with E-state index >= 15 is 0 Å². The quantitative estimate of drug-likeness (QED) is 0.460. The third-order valence-corrected chi connectivity index (χ3v) is 5.83. The molecular weight excluding hydrogens is 409 g/mol. The highest BCUT2D eigenvalue weighted by atomic mass is 19.1. The molecule has 2 heterocycles. The van der Waals surface area contributed by atoms with Crippen LogP contribution in [0.3, 0.4) is 0 Å². The van der Waals surface area contributed by atoms with Gasteiger partial charge in [-0.25, -0.2) is 4.39 Å². The molecule has 1 aliphatic rings. The number of anilines is 1. The first kappa shape index (κ1) is 20.2. The lowest BCUT2D eigenvalue weighted by molar-refractivity contribution is 0.102. The Labute approximate surface area is 184 Å². The number of aromatic amines is 1. The van der Waals surface area contributed by atoms with Gasteiger partial charge in [0.2, 0.25) is 0 Å². The van der Waals surface area contributed by atoms with Crippen LogP contribution in [-0.2, 0) is 7.05 Å². The van der Waals surface area contributed by atoms with Gasteiger partial charge in [0.1, 0.15) is 11.6 Å². The lowest BCUT2D eigenvalue weighted by Gasteiger charge is -2.23. The van der Waals surface area contributed by atoms with Crippen molar-refractivity contribution in [1.29, 1.82) is 0 Å². The van der Waals surface area contributed by atoms with Gasteiger partial charge in [-0.1, -0.05) is 12.5 Å². The number of carbonyl (C=O) groups excluding carboxylic acids is 1. The van der Waals surface area contributed by atoms with Crippen molar-refractivity contribution in [3.8, 4) is 16.9 Å². The summed E-state index contributed by atoms with van der Waals surface area (Å²) in [5.41, 5.74) is 2.27. The van der Waals surface area contributed by atoms with E-state index in [1.807, 2.05) is 18.2 Å². The minimum absolute atomic E-state index is 0.198. The van der Waals surface area contributed by atoms with E-state index < -0.39 is 5.82 Å². The van der Waals surface area contributed by atoms with Gasteiger partial charge in [0, 0.05) is 47.6 Å². The maximum Gasteiger partial charge on any atom is 0.276 e. The molecule has 2 aromatic carbocycles. The first-order chi connectivity index (χ1) is 15.6. The van der Waals surface area contributed by atoms with Gasteiger partial charge >= 0.3 is 0 Å². The van der Waals surface area contributed by atoms with E-state index in [4.69, 9.17) is 4.74 Å². The maximum absolute atomic E-state index is 14.6. The third-order valence-electron chi connectivity index (χ3n) is 5.83. The van der Waals surface area contributed by atoms with Gasteiger partial charge in [0.05, 0.1) is 17.8 Å². The van der Waals surface area contributed by atoms with Crippen molar-refractivity contribution >= 4 is 22.5 Å². The molecule has 32 heavy (non-hydrogen) atoms. The van der Waals surface area contributed by atoms with Crippen LogP contribution >= 0.6 is 0 Å². The first-order valence-corrected chi connectivity index (χ1v) is 10.8. The predicted molar refractivity (Wildman–Crippen MR) is 120 cm³/mol. The van der Waals surface area contributed by atoms with Crippen molar-refractivity contribution < 1.29 is 13.9 Å². The van der Waals surface area contributed by atoms with E-state index in [9.17, 15) is 9.18 Å². The zero-order chi connectivity index (χ0) is 22.1. The highest BCUT2D eigenvalue weighted by Crippen LogP contribution is 2.29. The summed E-state index contributed by atoms with van der Waals surface area (Å²) in [6, 6.07) is 10.4. The molecule has 0 atom stereocenters. The Hall–Kier alpha value is -3.68. The molecule has 2 aromatic heterocycles. The molecule has 0 spiro atoms. The number of aryl methyl sites for hydroxylation is 1. The number of benzene rings is 2. The van der Waals surface area contributed by atoms with E-state index in [1.54, 1.807) is 36.3 Å². The average Bonchev–Trinajstić information content (AvgIpc) is 3.40. The number of halogens is 1. The first-order valence-electron chi connectivity index (χ1n) is 10.8. The van der Waals surface area contributed by atoms with E-state index in [-0.39, 0.29) is 17.7 Å². The van der Waals surface area contributed by atoms with Crippen LogP contribution in [0.25, 0.3) is 22.0 Å². The summed E-state index contributed by atoms with van der Waals surface area (Å²) in [4.78, 5) is 13.0. The van der Waals surface area contributed by atoms with Crippen LogP contribution in [0.4, 0.5) is 10.1 Å². The van der Waals surface area contributed by atoms with Gasteiger partial charge in [-0.05, 0) is 43.9 Å². The third kappa shape index (κ3) is 4.08. The van der Waals surface area contributed by atoms with E-state index in [2.05, 4.69) is 20.6 Å². The summed E-state index contributed by atoms with van der Waals surface area (Å²) >= 11 is 0. The van der Waals surface area contributed by atoms with Gasteiger partial charge in [0.15, 0.2) is 5.69 Å². The number of amides is 1. The Bertz CT molecular complexity index is 1270. The number of fused-ring (bicyclic) bond motifs is 1. The van der Waals surface area contributed by atoms with Gasteiger partial charge in [-0.3, -0.25) is 14.6 Å². The van der Waals surface area contributed by atoms with Gasteiger partial charge in [-0.2, -0.15) is 10.2 Å². The number of nitrogens with zero attached hydrogens (tertiary/aromatic N) is 3. The summed E-state index contributed by atoms with van der Waals surface area (Å²) in [5, 5.41) is 14.4. The zero-order valence-electron chi connectivity index (χ0n) is 17.8. The lowest BCUT2D eigenvalue weighted by Crippen LogP contribution is -2.19. The van der Waals surface area contributed by atoms with Crippen molar-refractivity contribution in [2.75, 3.05) is 5.32 Å². The number of nitrogens with one attached hydrogen (secondary N) is 2. The predicted octanol–water partition coefficient (Wildman–Crippen LogP) is 5.07. The van der Waals surface area contributed by atoms with Crippen LogP contribution < -0.4 is 10.1 Å². The van der Waals surface area contributed by atoms with Crippen LogP contribution in [0.1, 0.15) is 42.6 Å². The number of ether oxygens (including phenoxy) is 1.